The van der Waals surface area contributed by atoms with E-state index >= 15 is 0 Å². The highest BCUT2D eigenvalue weighted by atomic mass is 16.5. The highest BCUT2D eigenvalue weighted by molar-refractivity contribution is 5.88. The standard InChI is InChI=1S/C15H20O8/c1-8(16)12(18)14(20)13(19)11(17)5-6-23-10-4-2-3-9(7-10)15(21)22/h2-4,7-8,12-14,16,18-20H,5-6H2,1H3,(H,21,22)/t8-,12+,13+,14+/m0/s1. The number of ketones is 1. The number of Topliss-reactive ketones (excluding diaryl/α,β-unsaturated/α-hetero) is 1. The largest absolute Gasteiger partial charge is 0.493 e. The summed E-state index contributed by atoms with van der Waals surface area (Å²) in [6, 6.07) is 5.67. The third kappa shape index (κ3) is 5.61. The lowest BCUT2D eigenvalue weighted by atomic mass is 10.00. The summed E-state index contributed by atoms with van der Waals surface area (Å²) in [7, 11) is 0. The predicted octanol–water partition coefficient (Wildman–Crippen LogP) is -0.814. The number of carboxylic acids is 1. The van der Waals surface area contributed by atoms with Crippen LogP contribution in [0, 0.1) is 0 Å². The number of rotatable bonds is 9. The van der Waals surface area contributed by atoms with E-state index in [2.05, 4.69) is 0 Å². The number of aromatic carboxylic acids is 1. The van der Waals surface area contributed by atoms with Crippen molar-refractivity contribution in [1.29, 1.82) is 0 Å². The fourth-order valence-corrected chi connectivity index (χ4v) is 1.80. The molecule has 0 saturated heterocycles. The van der Waals surface area contributed by atoms with E-state index in [1.54, 1.807) is 0 Å². The van der Waals surface area contributed by atoms with E-state index in [-0.39, 0.29) is 24.3 Å². The van der Waals surface area contributed by atoms with Gasteiger partial charge in [-0.25, -0.2) is 4.79 Å². The third-order valence-electron chi connectivity index (χ3n) is 3.20. The van der Waals surface area contributed by atoms with Crippen molar-refractivity contribution in [3.05, 3.63) is 29.8 Å². The van der Waals surface area contributed by atoms with Crippen LogP contribution >= 0.6 is 0 Å². The summed E-state index contributed by atoms with van der Waals surface area (Å²) >= 11 is 0. The quantitative estimate of drug-likeness (QED) is 0.396. The minimum absolute atomic E-state index is 0.0318. The molecular weight excluding hydrogens is 308 g/mol. The van der Waals surface area contributed by atoms with E-state index in [1.165, 1.54) is 31.2 Å². The van der Waals surface area contributed by atoms with Gasteiger partial charge in [-0.1, -0.05) is 6.07 Å². The summed E-state index contributed by atoms with van der Waals surface area (Å²) < 4.78 is 5.22. The Morgan fingerprint density at radius 1 is 1.13 bits per heavy atom. The van der Waals surface area contributed by atoms with Gasteiger partial charge in [0, 0.05) is 6.42 Å². The first kappa shape index (κ1) is 19.0. The number of hydrogen-bond acceptors (Lipinski definition) is 7. The van der Waals surface area contributed by atoms with Gasteiger partial charge in [0.2, 0.25) is 0 Å². The van der Waals surface area contributed by atoms with Crippen LogP contribution in [0.3, 0.4) is 0 Å². The van der Waals surface area contributed by atoms with E-state index in [4.69, 9.17) is 14.9 Å². The van der Waals surface area contributed by atoms with Crippen molar-refractivity contribution in [3.63, 3.8) is 0 Å². The molecule has 1 rings (SSSR count). The molecule has 8 nitrogen and oxygen atoms in total. The van der Waals surface area contributed by atoms with Gasteiger partial charge in [0.1, 0.15) is 24.1 Å². The van der Waals surface area contributed by atoms with Crippen LogP contribution in [0.4, 0.5) is 0 Å². The number of aliphatic hydroxyl groups excluding tert-OH is 4. The molecule has 0 aliphatic carbocycles. The zero-order valence-electron chi connectivity index (χ0n) is 12.5. The van der Waals surface area contributed by atoms with Gasteiger partial charge in [0.05, 0.1) is 18.3 Å². The minimum atomic E-state index is -1.85. The van der Waals surface area contributed by atoms with E-state index in [9.17, 15) is 24.9 Å². The molecule has 8 heteroatoms. The number of aliphatic hydroxyl groups is 4. The predicted molar refractivity (Wildman–Crippen MR) is 78.2 cm³/mol. The van der Waals surface area contributed by atoms with Crippen LogP contribution in [0.25, 0.3) is 0 Å². The summed E-state index contributed by atoms with van der Waals surface area (Å²) in [5.41, 5.74) is 0.0318. The van der Waals surface area contributed by atoms with Crippen molar-refractivity contribution in [1.82, 2.24) is 0 Å². The molecule has 0 heterocycles. The first-order valence-electron chi connectivity index (χ1n) is 6.95. The zero-order chi connectivity index (χ0) is 17.6. The molecule has 4 atom stereocenters. The summed E-state index contributed by atoms with van der Waals surface area (Å²) in [6.45, 7) is 1.07. The summed E-state index contributed by atoms with van der Waals surface area (Å²) in [6.07, 6.45) is -6.88. The Labute approximate surface area is 132 Å². The van der Waals surface area contributed by atoms with Crippen LogP contribution in [0.1, 0.15) is 23.7 Å². The SMILES string of the molecule is C[C@H](O)[C@@H](O)[C@@H](O)[C@H](O)C(=O)CCOc1cccc(C(=O)O)c1. The maximum atomic E-state index is 11.7. The molecule has 0 fully saturated rings. The molecule has 0 spiro atoms. The second-order valence-corrected chi connectivity index (χ2v) is 5.06. The first-order chi connectivity index (χ1) is 10.7. The molecule has 0 radical (unpaired) electrons. The third-order valence-corrected chi connectivity index (χ3v) is 3.20. The zero-order valence-corrected chi connectivity index (χ0v) is 12.5. The molecule has 5 N–H and O–H groups in total. The summed E-state index contributed by atoms with van der Waals surface area (Å²) in [4.78, 5) is 22.5. The van der Waals surface area contributed by atoms with Gasteiger partial charge < -0.3 is 30.3 Å². The second-order valence-electron chi connectivity index (χ2n) is 5.06. The van der Waals surface area contributed by atoms with E-state index in [0.29, 0.717) is 0 Å². The number of hydrogen-bond donors (Lipinski definition) is 5. The van der Waals surface area contributed by atoms with Gasteiger partial charge in [-0.15, -0.1) is 0 Å². The Balaban J connectivity index is 2.50. The Morgan fingerprint density at radius 2 is 1.78 bits per heavy atom. The lowest BCUT2D eigenvalue weighted by Gasteiger charge is -2.23. The first-order valence-corrected chi connectivity index (χ1v) is 6.95. The maximum Gasteiger partial charge on any atom is 0.335 e. The second kappa shape index (κ2) is 8.59. The minimum Gasteiger partial charge on any atom is -0.493 e. The smallest absolute Gasteiger partial charge is 0.335 e. The molecule has 1 aromatic rings. The van der Waals surface area contributed by atoms with Gasteiger partial charge >= 0.3 is 5.97 Å². The lowest BCUT2D eigenvalue weighted by molar-refractivity contribution is -0.144. The molecule has 0 saturated carbocycles. The van der Waals surface area contributed by atoms with Crippen molar-refractivity contribution in [3.8, 4) is 5.75 Å². The molecule has 1 aromatic carbocycles. The highest BCUT2D eigenvalue weighted by Gasteiger charge is 2.32. The average molecular weight is 328 g/mol. The Kier molecular flexibility index (Phi) is 7.11. The van der Waals surface area contributed by atoms with Gasteiger partial charge in [0.15, 0.2) is 5.78 Å². The van der Waals surface area contributed by atoms with Crippen molar-refractivity contribution >= 4 is 11.8 Å². The number of carbonyl (C=O) groups is 2. The number of benzene rings is 1. The fourth-order valence-electron chi connectivity index (χ4n) is 1.80. The normalized spacial score (nSPS) is 16.2. The van der Waals surface area contributed by atoms with Crippen LogP contribution < -0.4 is 4.74 Å². The van der Waals surface area contributed by atoms with Gasteiger partial charge in [-0.2, -0.15) is 0 Å². The van der Waals surface area contributed by atoms with E-state index in [1.807, 2.05) is 0 Å². The van der Waals surface area contributed by atoms with Crippen LogP contribution in [-0.2, 0) is 4.79 Å². The summed E-state index contributed by atoms with van der Waals surface area (Å²) in [5, 5.41) is 46.5. The molecule has 0 unspecified atom stereocenters. The Bertz CT molecular complexity index is 542. The maximum absolute atomic E-state index is 11.7. The molecule has 23 heavy (non-hydrogen) atoms. The molecule has 0 aromatic heterocycles. The van der Waals surface area contributed by atoms with Crippen molar-refractivity contribution in [2.45, 2.75) is 37.8 Å². The molecular formula is C15H20O8. The van der Waals surface area contributed by atoms with Crippen LogP contribution in [0.15, 0.2) is 24.3 Å². The van der Waals surface area contributed by atoms with Crippen LogP contribution in [0.2, 0.25) is 0 Å². The van der Waals surface area contributed by atoms with Crippen LogP contribution in [0.5, 0.6) is 5.75 Å². The van der Waals surface area contributed by atoms with Gasteiger partial charge in [-0.3, -0.25) is 4.79 Å². The molecule has 0 bridgehead atoms. The summed E-state index contributed by atoms with van der Waals surface area (Å²) in [5.74, 6) is -1.64. The number of carbonyl (C=O) groups excluding carboxylic acids is 1. The van der Waals surface area contributed by atoms with Crippen molar-refractivity contribution in [2.75, 3.05) is 6.61 Å². The van der Waals surface area contributed by atoms with E-state index < -0.39 is 36.2 Å². The molecule has 0 aliphatic rings. The fraction of sp³-hybridized carbons (Fsp3) is 0.467. The van der Waals surface area contributed by atoms with Gasteiger partial charge in [-0.05, 0) is 25.1 Å². The topological polar surface area (TPSA) is 145 Å². The van der Waals surface area contributed by atoms with Crippen molar-refractivity contribution in [2.24, 2.45) is 0 Å². The van der Waals surface area contributed by atoms with Crippen LogP contribution in [-0.4, -0.2) is 68.3 Å². The molecule has 0 amide bonds. The van der Waals surface area contributed by atoms with E-state index in [0.717, 1.165) is 0 Å². The number of carboxylic acid groups (broad SMARTS) is 1. The Hall–Kier alpha value is -2.00. The van der Waals surface area contributed by atoms with Crippen molar-refractivity contribution < 1.29 is 39.9 Å². The Morgan fingerprint density at radius 3 is 2.35 bits per heavy atom. The average Bonchev–Trinajstić information content (AvgIpc) is 2.52. The monoisotopic (exact) mass is 328 g/mol. The lowest BCUT2D eigenvalue weighted by Crippen LogP contribution is -2.47. The molecule has 128 valence electrons. The van der Waals surface area contributed by atoms with Gasteiger partial charge in [0.25, 0.3) is 0 Å². The number of ether oxygens (including phenoxy) is 1. The highest BCUT2D eigenvalue weighted by Crippen LogP contribution is 2.14. The molecule has 0 aliphatic heterocycles.